The van der Waals surface area contributed by atoms with Gasteiger partial charge in [0.15, 0.2) is 0 Å². The quantitative estimate of drug-likeness (QED) is 0.837. The lowest BCUT2D eigenvalue weighted by Crippen LogP contribution is -2.41. The molecule has 1 amide bonds. The third-order valence-corrected chi connectivity index (χ3v) is 5.82. The molecule has 3 aliphatic rings. The van der Waals surface area contributed by atoms with Crippen LogP contribution in [0.15, 0.2) is 0 Å². The van der Waals surface area contributed by atoms with Crippen molar-refractivity contribution < 1.29 is 4.79 Å². The fraction of sp³-hybridized carbons (Fsp3) is 0.737. The van der Waals surface area contributed by atoms with Crippen molar-refractivity contribution in [2.24, 2.45) is 5.92 Å². The number of amides is 1. The standard InChI is InChI=1S/C19H28N4O/c1-14-20-17-9-12-23(19(24)15-7-3-4-8-15)13-16(17)18(21-14)22-10-5-2-6-11-22/h15H,2-13H2,1H3. The first-order valence-electron chi connectivity index (χ1n) is 9.62. The minimum atomic E-state index is 0.261. The van der Waals surface area contributed by atoms with Gasteiger partial charge >= 0.3 is 0 Å². The van der Waals surface area contributed by atoms with Gasteiger partial charge in [-0.15, -0.1) is 0 Å². The molecule has 1 aliphatic carbocycles. The van der Waals surface area contributed by atoms with E-state index in [9.17, 15) is 4.79 Å². The summed E-state index contributed by atoms with van der Waals surface area (Å²) in [6.45, 7) is 5.68. The Bertz CT molecular complexity index is 618. The van der Waals surface area contributed by atoms with Crippen molar-refractivity contribution in [3.05, 3.63) is 17.1 Å². The molecule has 0 unspecified atom stereocenters. The number of aryl methyl sites for hydroxylation is 1. The van der Waals surface area contributed by atoms with Crippen LogP contribution in [0.1, 0.15) is 62.0 Å². The number of anilines is 1. The monoisotopic (exact) mass is 328 g/mol. The molecule has 0 N–H and O–H groups in total. The molecule has 130 valence electrons. The number of hydrogen-bond acceptors (Lipinski definition) is 4. The Morgan fingerprint density at radius 1 is 1.00 bits per heavy atom. The fourth-order valence-corrected chi connectivity index (χ4v) is 4.50. The third kappa shape index (κ3) is 3.01. The lowest BCUT2D eigenvalue weighted by atomic mass is 10.0. The van der Waals surface area contributed by atoms with E-state index in [2.05, 4.69) is 14.8 Å². The van der Waals surface area contributed by atoms with Crippen molar-refractivity contribution in [1.82, 2.24) is 14.9 Å². The molecule has 1 aromatic heterocycles. The molecule has 0 spiro atoms. The summed E-state index contributed by atoms with van der Waals surface area (Å²) in [5, 5.41) is 0. The number of carbonyl (C=O) groups is 1. The lowest BCUT2D eigenvalue weighted by molar-refractivity contribution is -0.136. The van der Waals surface area contributed by atoms with E-state index < -0.39 is 0 Å². The van der Waals surface area contributed by atoms with E-state index in [-0.39, 0.29) is 5.92 Å². The van der Waals surface area contributed by atoms with Crippen LogP contribution in [0.5, 0.6) is 0 Å². The van der Waals surface area contributed by atoms with Crippen LogP contribution in [0.25, 0.3) is 0 Å². The normalized spacial score (nSPS) is 21.9. The van der Waals surface area contributed by atoms with Gasteiger partial charge in [0, 0.05) is 37.5 Å². The molecule has 1 saturated heterocycles. The second-order valence-electron chi connectivity index (χ2n) is 7.56. The third-order valence-electron chi connectivity index (χ3n) is 5.82. The molecule has 0 atom stereocenters. The minimum absolute atomic E-state index is 0.261. The topological polar surface area (TPSA) is 49.3 Å². The molecule has 3 heterocycles. The van der Waals surface area contributed by atoms with Crippen LogP contribution in [0.4, 0.5) is 5.82 Å². The molecule has 5 heteroatoms. The van der Waals surface area contributed by atoms with E-state index in [1.54, 1.807) is 0 Å². The molecule has 1 aromatic rings. The largest absolute Gasteiger partial charge is 0.356 e. The maximum absolute atomic E-state index is 12.8. The summed E-state index contributed by atoms with van der Waals surface area (Å²) in [6, 6.07) is 0. The summed E-state index contributed by atoms with van der Waals surface area (Å²) >= 11 is 0. The van der Waals surface area contributed by atoms with E-state index in [0.29, 0.717) is 12.5 Å². The first-order chi connectivity index (χ1) is 11.7. The summed E-state index contributed by atoms with van der Waals surface area (Å²) in [5.41, 5.74) is 2.37. The molecular formula is C19H28N4O. The van der Waals surface area contributed by atoms with E-state index in [1.807, 2.05) is 6.92 Å². The maximum atomic E-state index is 12.8. The summed E-state index contributed by atoms with van der Waals surface area (Å²) in [6.07, 6.45) is 9.24. The number of nitrogens with zero attached hydrogens (tertiary/aromatic N) is 4. The average molecular weight is 328 g/mol. The molecule has 0 radical (unpaired) electrons. The Morgan fingerprint density at radius 3 is 2.50 bits per heavy atom. The van der Waals surface area contributed by atoms with E-state index in [0.717, 1.165) is 50.5 Å². The Labute approximate surface area is 144 Å². The zero-order valence-electron chi connectivity index (χ0n) is 14.8. The van der Waals surface area contributed by atoms with Gasteiger partial charge in [0.25, 0.3) is 0 Å². The van der Waals surface area contributed by atoms with Crippen molar-refractivity contribution in [1.29, 1.82) is 0 Å². The van der Waals surface area contributed by atoms with Crippen LogP contribution >= 0.6 is 0 Å². The van der Waals surface area contributed by atoms with Gasteiger partial charge in [0.1, 0.15) is 11.6 Å². The first-order valence-corrected chi connectivity index (χ1v) is 9.62. The lowest BCUT2D eigenvalue weighted by Gasteiger charge is -2.35. The number of hydrogen-bond donors (Lipinski definition) is 0. The first kappa shape index (κ1) is 15.9. The van der Waals surface area contributed by atoms with E-state index >= 15 is 0 Å². The zero-order chi connectivity index (χ0) is 16.5. The van der Waals surface area contributed by atoms with Gasteiger partial charge in [-0.25, -0.2) is 9.97 Å². The van der Waals surface area contributed by atoms with Gasteiger partial charge in [-0.3, -0.25) is 4.79 Å². The van der Waals surface area contributed by atoms with E-state index in [1.165, 1.54) is 43.4 Å². The van der Waals surface area contributed by atoms with Crippen LogP contribution in [0.3, 0.4) is 0 Å². The second-order valence-corrected chi connectivity index (χ2v) is 7.56. The van der Waals surface area contributed by atoms with Gasteiger partial charge in [0.2, 0.25) is 5.91 Å². The Morgan fingerprint density at radius 2 is 1.75 bits per heavy atom. The predicted octanol–water partition coefficient (Wildman–Crippen LogP) is 2.85. The fourth-order valence-electron chi connectivity index (χ4n) is 4.50. The van der Waals surface area contributed by atoms with Crippen LogP contribution in [-0.4, -0.2) is 40.4 Å². The molecule has 2 aliphatic heterocycles. The molecule has 4 rings (SSSR count). The molecule has 0 bridgehead atoms. The Hall–Kier alpha value is -1.65. The van der Waals surface area contributed by atoms with Gasteiger partial charge < -0.3 is 9.80 Å². The zero-order valence-corrected chi connectivity index (χ0v) is 14.8. The molecule has 1 saturated carbocycles. The van der Waals surface area contributed by atoms with Crippen LogP contribution in [0.2, 0.25) is 0 Å². The number of fused-ring (bicyclic) bond motifs is 1. The molecule has 2 fully saturated rings. The van der Waals surface area contributed by atoms with Gasteiger partial charge in [-0.2, -0.15) is 0 Å². The SMILES string of the molecule is Cc1nc2c(c(N3CCCCC3)n1)CN(C(=O)C1CCCC1)CC2. The highest BCUT2D eigenvalue weighted by Crippen LogP contribution is 2.32. The smallest absolute Gasteiger partial charge is 0.225 e. The summed E-state index contributed by atoms with van der Waals surface area (Å²) in [7, 11) is 0. The Balaban J connectivity index is 1.60. The van der Waals surface area contributed by atoms with Crippen LogP contribution in [0, 0.1) is 12.8 Å². The van der Waals surface area contributed by atoms with Gasteiger partial charge in [-0.05, 0) is 39.0 Å². The summed E-state index contributed by atoms with van der Waals surface area (Å²) in [5.74, 6) is 2.59. The highest BCUT2D eigenvalue weighted by Gasteiger charge is 2.32. The number of rotatable bonds is 2. The predicted molar refractivity (Wildman–Crippen MR) is 93.9 cm³/mol. The number of carbonyl (C=O) groups excluding carboxylic acids is 1. The molecule has 5 nitrogen and oxygen atoms in total. The Kier molecular flexibility index (Phi) is 4.42. The van der Waals surface area contributed by atoms with Crippen molar-refractivity contribution in [2.75, 3.05) is 24.5 Å². The summed E-state index contributed by atoms with van der Waals surface area (Å²) < 4.78 is 0. The van der Waals surface area contributed by atoms with Crippen LogP contribution in [-0.2, 0) is 17.8 Å². The van der Waals surface area contributed by atoms with E-state index in [4.69, 9.17) is 4.98 Å². The van der Waals surface area contributed by atoms with Crippen molar-refractivity contribution >= 4 is 11.7 Å². The van der Waals surface area contributed by atoms with Gasteiger partial charge in [0.05, 0.1) is 12.2 Å². The van der Waals surface area contributed by atoms with Crippen molar-refractivity contribution in [3.8, 4) is 0 Å². The highest BCUT2D eigenvalue weighted by atomic mass is 16.2. The van der Waals surface area contributed by atoms with Crippen molar-refractivity contribution in [3.63, 3.8) is 0 Å². The average Bonchev–Trinajstić information content (AvgIpc) is 3.15. The molecule has 24 heavy (non-hydrogen) atoms. The second kappa shape index (κ2) is 6.69. The van der Waals surface area contributed by atoms with Crippen molar-refractivity contribution in [2.45, 2.75) is 64.8 Å². The highest BCUT2D eigenvalue weighted by molar-refractivity contribution is 5.79. The van der Waals surface area contributed by atoms with Gasteiger partial charge in [-0.1, -0.05) is 12.8 Å². The molecule has 0 aromatic carbocycles. The number of piperidine rings is 1. The maximum Gasteiger partial charge on any atom is 0.225 e. The van der Waals surface area contributed by atoms with Crippen LogP contribution < -0.4 is 4.90 Å². The number of aromatic nitrogens is 2. The molecular weight excluding hydrogens is 300 g/mol. The minimum Gasteiger partial charge on any atom is -0.356 e. The summed E-state index contributed by atoms with van der Waals surface area (Å²) in [4.78, 5) is 26.8.